The Morgan fingerprint density at radius 2 is 1.48 bits per heavy atom. The number of rotatable bonds is 4. The minimum Gasteiger partial charge on any atom is -0.416 e. The first kappa shape index (κ1) is 17.2. The molecule has 6 heteroatoms. The normalized spacial score (nSPS) is 10.6. The van der Waals surface area contributed by atoms with Crippen LogP contribution in [0.1, 0.15) is 10.4 Å². The second-order valence-electron chi connectivity index (χ2n) is 5.79. The van der Waals surface area contributed by atoms with Gasteiger partial charge in [0.15, 0.2) is 0 Å². The van der Waals surface area contributed by atoms with Gasteiger partial charge in [0.05, 0.1) is 5.56 Å². The molecule has 0 aliphatic heterocycles. The lowest BCUT2D eigenvalue weighted by molar-refractivity contribution is 0.102. The van der Waals surface area contributed by atoms with Crippen LogP contribution in [-0.4, -0.2) is 16.1 Å². The van der Waals surface area contributed by atoms with Crippen molar-refractivity contribution in [3.63, 3.8) is 0 Å². The Kier molecular flexibility index (Phi) is 4.80. The summed E-state index contributed by atoms with van der Waals surface area (Å²) >= 11 is 3.39. The van der Waals surface area contributed by atoms with Crippen molar-refractivity contribution in [2.75, 3.05) is 5.32 Å². The molecular formula is C21H14BrN3O2. The van der Waals surface area contributed by atoms with E-state index in [9.17, 15) is 4.79 Å². The van der Waals surface area contributed by atoms with Crippen molar-refractivity contribution in [1.29, 1.82) is 0 Å². The Morgan fingerprint density at radius 3 is 2.26 bits per heavy atom. The molecule has 0 radical (unpaired) electrons. The smallest absolute Gasteiger partial charge is 0.256 e. The Balaban J connectivity index is 1.57. The van der Waals surface area contributed by atoms with Crippen molar-refractivity contribution in [3.8, 4) is 22.9 Å². The van der Waals surface area contributed by atoms with Gasteiger partial charge < -0.3 is 9.73 Å². The van der Waals surface area contributed by atoms with Crippen LogP contribution in [0.2, 0.25) is 0 Å². The number of nitrogens with one attached hydrogen (secondary N) is 1. The predicted molar refractivity (Wildman–Crippen MR) is 107 cm³/mol. The van der Waals surface area contributed by atoms with Gasteiger partial charge in [0.25, 0.3) is 5.91 Å². The van der Waals surface area contributed by atoms with E-state index in [1.165, 1.54) is 0 Å². The highest BCUT2D eigenvalue weighted by Crippen LogP contribution is 2.26. The molecule has 0 atom stereocenters. The molecule has 0 unspecified atom stereocenters. The van der Waals surface area contributed by atoms with Crippen molar-refractivity contribution >= 4 is 27.5 Å². The lowest BCUT2D eigenvalue weighted by Gasteiger charge is -2.07. The topological polar surface area (TPSA) is 68.0 Å². The number of carbonyl (C=O) groups is 1. The van der Waals surface area contributed by atoms with E-state index < -0.39 is 0 Å². The molecule has 0 saturated carbocycles. The SMILES string of the molecule is O=C(Nc1cccc(-c2nnc(-c3ccccc3)o2)c1)c1ccccc1Br. The molecule has 27 heavy (non-hydrogen) atoms. The Morgan fingerprint density at radius 1 is 0.815 bits per heavy atom. The quantitative estimate of drug-likeness (QED) is 0.479. The van der Waals surface area contributed by atoms with Crippen LogP contribution in [0.5, 0.6) is 0 Å². The van der Waals surface area contributed by atoms with E-state index in [1.807, 2.05) is 66.7 Å². The molecule has 0 spiro atoms. The van der Waals surface area contributed by atoms with Crippen molar-refractivity contribution in [1.82, 2.24) is 10.2 Å². The van der Waals surface area contributed by atoms with Gasteiger partial charge in [0, 0.05) is 21.3 Å². The van der Waals surface area contributed by atoms with Gasteiger partial charge in [-0.05, 0) is 58.4 Å². The van der Waals surface area contributed by atoms with E-state index in [0.717, 1.165) is 15.6 Å². The van der Waals surface area contributed by atoms with Gasteiger partial charge in [0.2, 0.25) is 11.8 Å². The van der Waals surface area contributed by atoms with Crippen LogP contribution >= 0.6 is 15.9 Å². The molecule has 0 saturated heterocycles. The summed E-state index contributed by atoms with van der Waals surface area (Å²) in [6.07, 6.45) is 0. The second-order valence-corrected chi connectivity index (χ2v) is 6.65. The highest BCUT2D eigenvalue weighted by molar-refractivity contribution is 9.10. The molecule has 3 aromatic carbocycles. The number of aromatic nitrogens is 2. The van der Waals surface area contributed by atoms with Crippen molar-refractivity contribution in [2.45, 2.75) is 0 Å². The number of hydrogen-bond acceptors (Lipinski definition) is 4. The van der Waals surface area contributed by atoms with Gasteiger partial charge in [0.1, 0.15) is 0 Å². The van der Waals surface area contributed by atoms with Crippen molar-refractivity contribution < 1.29 is 9.21 Å². The van der Waals surface area contributed by atoms with E-state index >= 15 is 0 Å². The van der Waals surface area contributed by atoms with Gasteiger partial charge in [-0.2, -0.15) is 0 Å². The van der Waals surface area contributed by atoms with Crippen LogP contribution in [-0.2, 0) is 0 Å². The number of hydrogen-bond donors (Lipinski definition) is 1. The molecule has 132 valence electrons. The third-order valence-corrected chi connectivity index (χ3v) is 4.62. The average molecular weight is 420 g/mol. The Labute approximate surface area is 164 Å². The summed E-state index contributed by atoms with van der Waals surface area (Å²) in [6, 6.07) is 24.1. The number of carbonyl (C=O) groups excluding carboxylic acids is 1. The summed E-state index contributed by atoms with van der Waals surface area (Å²) in [6.45, 7) is 0. The fraction of sp³-hybridized carbons (Fsp3) is 0. The third kappa shape index (κ3) is 3.80. The maximum absolute atomic E-state index is 12.5. The van der Waals surface area contributed by atoms with Crippen molar-refractivity contribution in [3.05, 3.63) is 88.9 Å². The van der Waals surface area contributed by atoms with Crippen LogP contribution in [0, 0.1) is 0 Å². The summed E-state index contributed by atoms with van der Waals surface area (Å²) in [4.78, 5) is 12.5. The summed E-state index contributed by atoms with van der Waals surface area (Å²) in [5.74, 6) is 0.647. The molecule has 1 heterocycles. The van der Waals surface area contributed by atoms with Crippen LogP contribution in [0.15, 0.2) is 87.8 Å². The first-order chi connectivity index (χ1) is 13.2. The maximum Gasteiger partial charge on any atom is 0.256 e. The molecule has 4 aromatic rings. The number of nitrogens with zero attached hydrogens (tertiary/aromatic N) is 2. The molecule has 1 aromatic heterocycles. The number of halogens is 1. The lowest BCUT2D eigenvalue weighted by atomic mass is 10.1. The van der Waals surface area contributed by atoms with E-state index in [0.29, 0.717) is 23.0 Å². The average Bonchev–Trinajstić information content (AvgIpc) is 3.19. The molecule has 0 bridgehead atoms. The molecule has 0 fully saturated rings. The van der Waals surface area contributed by atoms with Crippen LogP contribution < -0.4 is 5.32 Å². The van der Waals surface area contributed by atoms with Gasteiger partial charge in [-0.25, -0.2) is 0 Å². The Bertz CT molecular complexity index is 1090. The van der Waals surface area contributed by atoms with E-state index in [1.54, 1.807) is 12.1 Å². The number of anilines is 1. The zero-order valence-corrected chi connectivity index (χ0v) is 15.7. The van der Waals surface area contributed by atoms with E-state index in [2.05, 4.69) is 31.4 Å². The predicted octanol–water partition coefficient (Wildman–Crippen LogP) is 5.42. The van der Waals surface area contributed by atoms with Gasteiger partial charge in [-0.15, -0.1) is 10.2 Å². The zero-order valence-electron chi connectivity index (χ0n) is 14.1. The minimum atomic E-state index is -0.199. The molecular weight excluding hydrogens is 406 g/mol. The number of benzene rings is 3. The third-order valence-electron chi connectivity index (χ3n) is 3.93. The van der Waals surface area contributed by atoms with E-state index in [4.69, 9.17) is 4.42 Å². The lowest BCUT2D eigenvalue weighted by Crippen LogP contribution is -2.12. The molecule has 5 nitrogen and oxygen atoms in total. The van der Waals surface area contributed by atoms with Crippen LogP contribution in [0.4, 0.5) is 5.69 Å². The summed E-state index contributed by atoms with van der Waals surface area (Å²) in [5, 5.41) is 11.1. The molecule has 4 rings (SSSR count). The zero-order chi connectivity index (χ0) is 18.6. The molecule has 0 aliphatic rings. The highest BCUT2D eigenvalue weighted by atomic mass is 79.9. The highest BCUT2D eigenvalue weighted by Gasteiger charge is 2.13. The summed E-state index contributed by atoms with van der Waals surface area (Å²) in [7, 11) is 0. The fourth-order valence-corrected chi connectivity index (χ4v) is 3.08. The summed E-state index contributed by atoms with van der Waals surface area (Å²) < 4.78 is 6.52. The standard InChI is InChI=1S/C21H14BrN3O2/c22-18-12-5-4-11-17(18)19(26)23-16-10-6-9-15(13-16)21-25-24-20(27-21)14-7-2-1-3-8-14/h1-13H,(H,23,26). The van der Waals surface area contributed by atoms with Gasteiger partial charge in [-0.1, -0.05) is 36.4 Å². The van der Waals surface area contributed by atoms with E-state index in [-0.39, 0.29) is 5.91 Å². The van der Waals surface area contributed by atoms with Crippen LogP contribution in [0.3, 0.4) is 0 Å². The Hall–Kier alpha value is -3.25. The molecule has 1 amide bonds. The maximum atomic E-state index is 12.5. The van der Waals surface area contributed by atoms with Crippen molar-refractivity contribution in [2.24, 2.45) is 0 Å². The number of amides is 1. The first-order valence-electron chi connectivity index (χ1n) is 8.26. The van der Waals surface area contributed by atoms with Gasteiger partial charge >= 0.3 is 0 Å². The first-order valence-corrected chi connectivity index (χ1v) is 9.05. The monoisotopic (exact) mass is 419 g/mol. The van der Waals surface area contributed by atoms with Crippen LogP contribution in [0.25, 0.3) is 22.9 Å². The minimum absolute atomic E-state index is 0.199. The fourth-order valence-electron chi connectivity index (χ4n) is 2.61. The second kappa shape index (κ2) is 7.55. The summed E-state index contributed by atoms with van der Waals surface area (Å²) in [5.41, 5.74) is 2.80. The largest absolute Gasteiger partial charge is 0.416 e. The molecule has 1 N–H and O–H groups in total. The van der Waals surface area contributed by atoms with Gasteiger partial charge in [-0.3, -0.25) is 4.79 Å². The molecule has 0 aliphatic carbocycles.